The van der Waals surface area contributed by atoms with Gasteiger partial charge in [0.25, 0.3) is 0 Å². The number of fused-ring (bicyclic) bond motifs is 1. The molecule has 27 heavy (non-hydrogen) atoms. The van der Waals surface area contributed by atoms with Gasteiger partial charge in [0.15, 0.2) is 0 Å². The molecule has 1 aliphatic rings. The Bertz CT molecular complexity index is 939. The van der Waals surface area contributed by atoms with Crippen LogP contribution in [0.5, 0.6) is 0 Å². The van der Waals surface area contributed by atoms with Gasteiger partial charge in [0.1, 0.15) is 11.0 Å². The van der Waals surface area contributed by atoms with Gasteiger partial charge < -0.3 is 15.1 Å². The molecule has 138 valence electrons. The molecule has 1 fully saturated rings. The molecular formula is C21H21ClN4O. The molecule has 1 aromatic heterocycles. The van der Waals surface area contributed by atoms with Gasteiger partial charge in [0.2, 0.25) is 5.91 Å². The quantitative estimate of drug-likeness (QED) is 0.702. The van der Waals surface area contributed by atoms with Crippen LogP contribution in [0.4, 0.5) is 11.5 Å². The first-order chi connectivity index (χ1) is 13.2. The smallest absolute Gasteiger partial charge is 0.242 e. The summed E-state index contributed by atoms with van der Waals surface area (Å²) < 4.78 is 0. The maximum Gasteiger partial charge on any atom is 0.242 e. The number of nitrogens with zero attached hydrogens (tertiary/aromatic N) is 3. The Morgan fingerprint density at radius 3 is 2.48 bits per heavy atom. The van der Waals surface area contributed by atoms with Crippen molar-refractivity contribution >= 4 is 39.8 Å². The maximum absolute atomic E-state index is 12.5. The number of para-hydroxylation sites is 1. The average molecular weight is 381 g/mol. The SMILES string of the molecule is O=C(CNc1cc2ccccc2c(Cl)n1)N1CCN(c2ccccc2)CC1. The normalized spacial score (nSPS) is 14.4. The Morgan fingerprint density at radius 1 is 1.00 bits per heavy atom. The maximum atomic E-state index is 12.5. The Hall–Kier alpha value is -2.79. The van der Waals surface area contributed by atoms with E-state index in [1.165, 1.54) is 5.69 Å². The highest BCUT2D eigenvalue weighted by Gasteiger charge is 2.21. The predicted octanol–water partition coefficient (Wildman–Crippen LogP) is 3.65. The summed E-state index contributed by atoms with van der Waals surface area (Å²) >= 11 is 6.25. The number of hydrogen-bond donors (Lipinski definition) is 1. The van der Waals surface area contributed by atoms with Crippen LogP contribution in [0.15, 0.2) is 60.7 Å². The summed E-state index contributed by atoms with van der Waals surface area (Å²) in [5.41, 5.74) is 1.21. The molecule has 1 amide bonds. The third-order valence-electron chi connectivity index (χ3n) is 4.87. The Balaban J connectivity index is 1.34. The molecule has 1 saturated heterocycles. The zero-order valence-corrected chi connectivity index (χ0v) is 15.7. The van der Waals surface area contributed by atoms with Gasteiger partial charge in [-0.1, -0.05) is 54.1 Å². The summed E-state index contributed by atoms with van der Waals surface area (Å²) in [5, 5.41) is 5.48. The number of pyridine rings is 1. The van der Waals surface area contributed by atoms with E-state index >= 15 is 0 Å². The van der Waals surface area contributed by atoms with E-state index in [-0.39, 0.29) is 12.5 Å². The van der Waals surface area contributed by atoms with Gasteiger partial charge in [0, 0.05) is 37.3 Å². The number of benzene rings is 2. The van der Waals surface area contributed by atoms with Crippen LogP contribution >= 0.6 is 11.6 Å². The van der Waals surface area contributed by atoms with Crippen molar-refractivity contribution in [2.75, 3.05) is 42.9 Å². The molecular weight excluding hydrogens is 360 g/mol. The largest absolute Gasteiger partial charge is 0.368 e. The zero-order valence-electron chi connectivity index (χ0n) is 14.9. The van der Waals surface area contributed by atoms with Crippen molar-refractivity contribution < 1.29 is 4.79 Å². The molecule has 0 bridgehead atoms. The summed E-state index contributed by atoms with van der Waals surface area (Å²) in [6.45, 7) is 3.35. The Labute approximate surface area is 163 Å². The lowest BCUT2D eigenvalue weighted by Crippen LogP contribution is -2.50. The molecule has 1 aliphatic heterocycles. The first-order valence-electron chi connectivity index (χ1n) is 9.07. The number of piperazine rings is 1. The number of amides is 1. The molecule has 0 saturated carbocycles. The molecule has 6 heteroatoms. The summed E-state index contributed by atoms with van der Waals surface area (Å²) in [6.07, 6.45) is 0. The van der Waals surface area contributed by atoms with E-state index in [0.29, 0.717) is 11.0 Å². The van der Waals surface area contributed by atoms with Crippen LogP contribution in [0.1, 0.15) is 0 Å². The van der Waals surface area contributed by atoms with Crippen LogP contribution in [0.3, 0.4) is 0 Å². The average Bonchev–Trinajstić information content (AvgIpc) is 2.73. The number of carbonyl (C=O) groups is 1. The Morgan fingerprint density at radius 2 is 1.70 bits per heavy atom. The van der Waals surface area contributed by atoms with E-state index in [4.69, 9.17) is 11.6 Å². The molecule has 0 atom stereocenters. The van der Waals surface area contributed by atoms with Crippen molar-refractivity contribution in [1.29, 1.82) is 0 Å². The van der Waals surface area contributed by atoms with Crippen molar-refractivity contribution in [3.8, 4) is 0 Å². The molecule has 3 aromatic rings. The van der Waals surface area contributed by atoms with E-state index in [2.05, 4.69) is 27.3 Å². The van der Waals surface area contributed by atoms with Crippen LogP contribution < -0.4 is 10.2 Å². The van der Waals surface area contributed by atoms with Gasteiger partial charge in [-0.25, -0.2) is 4.98 Å². The van der Waals surface area contributed by atoms with Crippen LogP contribution in [-0.2, 0) is 4.79 Å². The fourth-order valence-corrected chi connectivity index (χ4v) is 3.64. The lowest BCUT2D eigenvalue weighted by molar-refractivity contribution is -0.129. The lowest BCUT2D eigenvalue weighted by atomic mass is 10.2. The van der Waals surface area contributed by atoms with Crippen LogP contribution in [0.25, 0.3) is 10.8 Å². The summed E-state index contributed by atoms with van der Waals surface area (Å²) in [6, 6.07) is 20.0. The van der Waals surface area contributed by atoms with Gasteiger partial charge in [-0.15, -0.1) is 0 Å². The number of hydrogen-bond acceptors (Lipinski definition) is 4. The molecule has 5 nitrogen and oxygen atoms in total. The molecule has 2 aromatic carbocycles. The second-order valence-electron chi connectivity index (χ2n) is 6.58. The monoisotopic (exact) mass is 380 g/mol. The summed E-state index contributed by atoms with van der Waals surface area (Å²) in [5.74, 6) is 0.698. The van der Waals surface area contributed by atoms with E-state index in [0.717, 1.165) is 37.0 Å². The number of nitrogens with one attached hydrogen (secondary N) is 1. The van der Waals surface area contributed by atoms with Crippen molar-refractivity contribution in [2.45, 2.75) is 0 Å². The first-order valence-corrected chi connectivity index (χ1v) is 9.45. The number of anilines is 2. The fraction of sp³-hybridized carbons (Fsp3) is 0.238. The third kappa shape index (κ3) is 3.98. The van der Waals surface area contributed by atoms with E-state index in [1.807, 2.05) is 53.4 Å². The van der Waals surface area contributed by atoms with E-state index in [1.54, 1.807) is 0 Å². The molecule has 1 N–H and O–H groups in total. The molecule has 0 radical (unpaired) electrons. The van der Waals surface area contributed by atoms with Gasteiger partial charge in [-0.05, 0) is 23.6 Å². The molecule has 0 unspecified atom stereocenters. The molecule has 2 heterocycles. The Kier molecular flexibility index (Phi) is 5.12. The predicted molar refractivity (Wildman–Crippen MR) is 110 cm³/mol. The summed E-state index contributed by atoms with van der Waals surface area (Å²) in [7, 11) is 0. The number of rotatable bonds is 4. The molecule has 0 spiro atoms. The third-order valence-corrected chi connectivity index (χ3v) is 5.16. The highest BCUT2D eigenvalue weighted by Crippen LogP contribution is 2.24. The van der Waals surface area contributed by atoms with Crippen LogP contribution in [-0.4, -0.2) is 48.5 Å². The van der Waals surface area contributed by atoms with E-state index in [9.17, 15) is 4.79 Å². The van der Waals surface area contributed by atoms with Gasteiger partial charge in [-0.3, -0.25) is 4.79 Å². The van der Waals surface area contributed by atoms with Crippen molar-refractivity contribution in [3.05, 3.63) is 65.8 Å². The van der Waals surface area contributed by atoms with Gasteiger partial charge in [0.05, 0.1) is 6.54 Å². The first kappa shape index (κ1) is 17.6. The van der Waals surface area contributed by atoms with Gasteiger partial charge >= 0.3 is 0 Å². The second kappa shape index (κ2) is 7.84. The minimum Gasteiger partial charge on any atom is -0.368 e. The lowest BCUT2D eigenvalue weighted by Gasteiger charge is -2.36. The van der Waals surface area contributed by atoms with Crippen molar-refractivity contribution in [1.82, 2.24) is 9.88 Å². The van der Waals surface area contributed by atoms with Crippen LogP contribution in [0.2, 0.25) is 5.15 Å². The second-order valence-corrected chi connectivity index (χ2v) is 6.93. The van der Waals surface area contributed by atoms with E-state index < -0.39 is 0 Å². The molecule has 4 rings (SSSR count). The minimum absolute atomic E-state index is 0.0776. The summed E-state index contributed by atoms with van der Waals surface area (Å²) in [4.78, 5) is 21.1. The van der Waals surface area contributed by atoms with Crippen LogP contribution in [0, 0.1) is 0 Å². The van der Waals surface area contributed by atoms with Crippen molar-refractivity contribution in [2.24, 2.45) is 0 Å². The topological polar surface area (TPSA) is 48.5 Å². The highest BCUT2D eigenvalue weighted by molar-refractivity contribution is 6.34. The van der Waals surface area contributed by atoms with Gasteiger partial charge in [-0.2, -0.15) is 0 Å². The number of aromatic nitrogens is 1. The molecule has 0 aliphatic carbocycles. The zero-order chi connectivity index (χ0) is 18.6. The number of carbonyl (C=O) groups excluding carboxylic acids is 1. The minimum atomic E-state index is 0.0776. The highest BCUT2D eigenvalue weighted by atomic mass is 35.5. The fourth-order valence-electron chi connectivity index (χ4n) is 3.38. The van der Waals surface area contributed by atoms with Crippen molar-refractivity contribution in [3.63, 3.8) is 0 Å². The number of halogens is 1. The standard InChI is InChI=1S/C21H21ClN4O/c22-21-18-9-5-4-6-16(18)14-19(24-21)23-15-20(27)26-12-10-25(11-13-26)17-7-2-1-3-8-17/h1-9,14H,10-13,15H2,(H,23,24).